The Bertz CT molecular complexity index is 1080. The number of hydrogen-bond donors (Lipinski definition) is 1. The maximum absolute atomic E-state index is 12.2. The number of methoxy groups -OCH3 is 1. The van der Waals surface area contributed by atoms with Crippen molar-refractivity contribution in [3.8, 4) is 28.3 Å². The fourth-order valence-electron chi connectivity index (χ4n) is 2.69. The number of carbonyl (C=O) groups is 1. The van der Waals surface area contributed by atoms with Crippen LogP contribution in [0, 0.1) is 0 Å². The Hall–Kier alpha value is -4.00. The summed E-state index contributed by atoms with van der Waals surface area (Å²) in [6.07, 6.45) is 8.01. The fourth-order valence-corrected chi connectivity index (χ4v) is 2.69. The summed E-state index contributed by atoms with van der Waals surface area (Å²) in [7, 11) is 1.55. The third-order valence-corrected chi connectivity index (χ3v) is 4.10. The van der Waals surface area contributed by atoms with Gasteiger partial charge in [-0.25, -0.2) is 9.97 Å². The van der Waals surface area contributed by atoms with Gasteiger partial charge in [0.05, 0.1) is 43.3 Å². The average Bonchev–Trinajstić information content (AvgIpc) is 3.29. The van der Waals surface area contributed by atoms with Gasteiger partial charge in [0.25, 0.3) is 5.91 Å². The van der Waals surface area contributed by atoms with Crippen LogP contribution in [-0.4, -0.2) is 28.0 Å². The molecule has 0 bridgehead atoms. The van der Waals surface area contributed by atoms with E-state index < -0.39 is 0 Å². The molecule has 0 atom stereocenters. The van der Waals surface area contributed by atoms with E-state index in [1.54, 1.807) is 56.3 Å². The molecule has 1 aromatic carbocycles. The summed E-state index contributed by atoms with van der Waals surface area (Å²) in [6.45, 7) is 0. The number of anilines is 1. The summed E-state index contributed by atoms with van der Waals surface area (Å²) in [5.74, 6) is 0.544. The van der Waals surface area contributed by atoms with Crippen molar-refractivity contribution in [1.82, 2.24) is 15.0 Å². The number of ether oxygens (including phenoxy) is 1. The number of furan rings is 1. The van der Waals surface area contributed by atoms with Crippen LogP contribution in [0.4, 0.5) is 5.82 Å². The monoisotopic (exact) mass is 372 g/mol. The van der Waals surface area contributed by atoms with E-state index in [-0.39, 0.29) is 5.91 Å². The molecule has 3 heterocycles. The third kappa shape index (κ3) is 3.59. The van der Waals surface area contributed by atoms with Crippen molar-refractivity contribution in [1.29, 1.82) is 0 Å². The van der Waals surface area contributed by atoms with Crippen LogP contribution in [0.2, 0.25) is 0 Å². The van der Waals surface area contributed by atoms with Crippen LogP contribution in [-0.2, 0) is 0 Å². The first kappa shape index (κ1) is 17.4. The van der Waals surface area contributed by atoms with Crippen molar-refractivity contribution in [2.24, 2.45) is 0 Å². The highest BCUT2D eigenvalue weighted by atomic mass is 16.5. The fraction of sp³-hybridized carbons (Fsp3) is 0.0476. The quantitative estimate of drug-likeness (QED) is 0.568. The first-order chi connectivity index (χ1) is 13.7. The molecule has 138 valence electrons. The molecular formula is C21H16N4O3. The van der Waals surface area contributed by atoms with Crippen molar-refractivity contribution in [2.45, 2.75) is 0 Å². The molecule has 0 aliphatic heterocycles. The second-order valence-corrected chi connectivity index (χ2v) is 5.90. The van der Waals surface area contributed by atoms with Crippen molar-refractivity contribution < 1.29 is 13.9 Å². The van der Waals surface area contributed by atoms with Gasteiger partial charge in [-0.15, -0.1) is 0 Å². The highest BCUT2D eigenvalue weighted by molar-refractivity contribution is 6.03. The number of hydrogen-bond acceptors (Lipinski definition) is 6. The van der Waals surface area contributed by atoms with E-state index in [1.165, 1.54) is 6.20 Å². The molecule has 3 aromatic heterocycles. The van der Waals surface area contributed by atoms with Crippen LogP contribution in [0.25, 0.3) is 22.4 Å². The minimum atomic E-state index is -0.246. The largest absolute Gasteiger partial charge is 0.481 e. The van der Waals surface area contributed by atoms with Gasteiger partial charge in [-0.05, 0) is 24.3 Å². The van der Waals surface area contributed by atoms with Crippen molar-refractivity contribution in [3.05, 3.63) is 79.1 Å². The maximum atomic E-state index is 12.2. The molecule has 0 saturated carbocycles. The lowest BCUT2D eigenvalue weighted by Crippen LogP contribution is -2.13. The average molecular weight is 372 g/mol. The maximum Gasteiger partial charge on any atom is 0.256 e. The number of carbonyl (C=O) groups excluding carboxylic acids is 1. The standard InChI is InChI=1S/C21H16N4O3/c1-27-21-17(9-16(10-24-21)15-7-8-28-13-15)18-11-23-19(12-22-18)25-20(26)14-5-3-2-4-6-14/h2-13H,1H3,(H,23,25,26). The van der Waals surface area contributed by atoms with Gasteiger partial charge < -0.3 is 14.5 Å². The lowest BCUT2D eigenvalue weighted by atomic mass is 10.1. The lowest BCUT2D eigenvalue weighted by molar-refractivity contribution is 0.102. The zero-order chi connectivity index (χ0) is 19.3. The van der Waals surface area contributed by atoms with Crippen LogP contribution in [0.1, 0.15) is 10.4 Å². The van der Waals surface area contributed by atoms with Crippen LogP contribution in [0.3, 0.4) is 0 Å². The zero-order valence-corrected chi connectivity index (χ0v) is 15.0. The summed E-state index contributed by atoms with van der Waals surface area (Å²) in [6, 6.07) is 12.7. The highest BCUT2D eigenvalue weighted by Gasteiger charge is 2.13. The summed E-state index contributed by atoms with van der Waals surface area (Å²) in [5, 5.41) is 2.73. The second kappa shape index (κ2) is 7.71. The first-order valence-electron chi connectivity index (χ1n) is 8.50. The Morgan fingerprint density at radius 2 is 1.86 bits per heavy atom. The Labute approximate surface area is 161 Å². The van der Waals surface area contributed by atoms with Crippen LogP contribution in [0.15, 0.2) is 78.0 Å². The van der Waals surface area contributed by atoms with Crippen molar-refractivity contribution >= 4 is 11.7 Å². The molecule has 0 aliphatic rings. The predicted octanol–water partition coefficient (Wildman–Crippen LogP) is 4.06. The van der Waals surface area contributed by atoms with E-state index in [2.05, 4.69) is 20.3 Å². The number of amides is 1. The van der Waals surface area contributed by atoms with Crippen molar-refractivity contribution in [3.63, 3.8) is 0 Å². The Morgan fingerprint density at radius 1 is 1.00 bits per heavy atom. The number of nitrogens with zero attached hydrogens (tertiary/aromatic N) is 3. The van der Waals surface area contributed by atoms with Gasteiger partial charge in [0, 0.05) is 22.9 Å². The van der Waals surface area contributed by atoms with Gasteiger partial charge in [0.2, 0.25) is 5.88 Å². The molecule has 4 aromatic rings. The molecule has 1 N–H and O–H groups in total. The third-order valence-electron chi connectivity index (χ3n) is 4.10. The molecule has 7 heteroatoms. The van der Waals surface area contributed by atoms with Gasteiger partial charge in [-0.2, -0.15) is 0 Å². The number of aromatic nitrogens is 3. The zero-order valence-electron chi connectivity index (χ0n) is 15.0. The molecule has 0 aliphatic carbocycles. The van der Waals surface area contributed by atoms with Crippen LogP contribution < -0.4 is 10.1 Å². The molecule has 0 spiro atoms. The van der Waals surface area contributed by atoms with E-state index in [9.17, 15) is 4.79 Å². The van der Waals surface area contributed by atoms with Crippen LogP contribution >= 0.6 is 0 Å². The van der Waals surface area contributed by atoms with Gasteiger partial charge in [-0.1, -0.05) is 18.2 Å². The summed E-state index contributed by atoms with van der Waals surface area (Å²) in [4.78, 5) is 25.3. The normalized spacial score (nSPS) is 10.5. The number of pyridine rings is 1. The SMILES string of the molecule is COc1ncc(-c2ccoc2)cc1-c1cnc(NC(=O)c2ccccc2)cn1. The molecule has 4 rings (SSSR count). The first-order valence-corrected chi connectivity index (χ1v) is 8.50. The molecule has 28 heavy (non-hydrogen) atoms. The minimum Gasteiger partial charge on any atom is -0.481 e. The summed E-state index contributed by atoms with van der Waals surface area (Å²) >= 11 is 0. The second-order valence-electron chi connectivity index (χ2n) is 5.90. The van der Waals surface area contributed by atoms with Gasteiger partial charge in [0.15, 0.2) is 5.82 Å². The number of nitrogens with one attached hydrogen (secondary N) is 1. The highest BCUT2D eigenvalue weighted by Crippen LogP contribution is 2.31. The topological polar surface area (TPSA) is 90.1 Å². The molecule has 0 fully saturated rings. The summed E-state index contributed by atoms with van der Waals surface area (Å²) in [5.41, 5.74) is 3.58. The van der Waals surface area contributed by atoms with E-state index in [0.29, 0.717) is 28.5 Å². The summed E-state index contributed by atoms with van der Waals surface area (Å²) < 4.78 is 10.5. The number of benzene rings is 1. The van der Waals surface area contributed by atoms with Gasteiger partial charge in [-0.3, -0.25) is 9.78 Å². The molecule has 0 unspecified atom stereocenters. The van der Waals surface area contributed by atoms with Crippen LogP contribution in [0.5, 0.6) is 5.88 Å². The lowest BCUT2D eigenvalue weighted by Gasteiger charge is -2.09. The Kier molecular flexibility index (Phi) is 4.79. The predicted molar refractivity (Wildman–Crippen MR) is 104 cm³/mol. The smallest absolute Gasteiger partial charge is 0.256 e. The molecule has 0 saturated heterocycles. The Morgan fingerprint density at radius 3 is 2.54 bits per heavy atom. The van der Waals surface area contributed by atoms with Gasteiger partial charge in [0.1, 0.15) is 0 Å². The van der Waals surface area contributed by atoms with Gasteiger partial charge >= 0.3 is 0 Å². The van der Waals surface area contributed by atoms with E-state index in [0.717, 1.165) is 11.1 Å². The van der Waals surface area contributed by atoms with E-state index in [4.69, 9.17) is 9.15 Å². The van der Waals surface area contributed by atoms with E-state index in [1.807, 2.05) is 18.2 Å². The molecule has 0 radical (unpaired) electrons. The molecular weight excluding hydrogens is 356 g/mol. The van der Waals surface area contributed by atoms with E-state index >= 15 is 0 Å². The Balaban J connectivity index is 1.60. The molecule has 1 amide bonds. The van der Waals surface area contributed by atoms with Crippen molar-refractivity contribution in [2.75, 3.05) is 12.4 Å². The number of rotatable bonds is 5. The molecule has 7 nitrogen and oxygen atoms in total. The minimum absolute atomic E-state index is 0.246.